The van der Waals surface area contributed by atoms with Crippen molar-refractivity contribution in [3.8, 4) is 0 Å². The van der Waals surface area contributed by atoms with E-state index in [9.17, 15) is 8.42 Å². The number of rotatable bonds is 13. The molecule has 0 unspecified atom stereocenters. The molecule has 0 fully saturated rings. The molecule has 0 bridgehead atoms. The van der Waals surface area contributed by atoms with Gasteiger partial charge in [-0.05, 0) is 32.5 Å². The zero-order valence-electron chi connectivity index (χ0n) is 16.8. The molecular weight excluding hydrogens is 495 g/mol. The summed E-state index contributed by atoms with van der Waals surface area (Å²) in [4.78, 5) is 10.6. The third-order valence-electron chi connectivity index (χ3n) is 3.64. The van der Waals surface area contributed by atoms with Crippen LogP contribution in [-0.2, 0) is 14.8 Å². The first-order valence-corrected chi connectivity index (χ1v) is 10.6. The van der Waals surface area contributed by atoms with Gasteiger partial charge < -0.3 is 20.3 Å². The van der Waals surface area contributed by atoms with Crippen molar-refractivity contribution < 1.29 is 13.2 Å². The van der Waals surface area contributed by atoms with Crippen molar-refractivity contribution in [2.75, 3.05) is 60.0 Å². The SMILES string of the molecule is CCNC(=NCCNS(=O)(=O)c1cccnc1)NCCN(C)CCCOC.I. The van der Waals surface area contributed by atoms with Crippen LogP contribution in [0, 0.1) is 0 Å². The fourth-order valence-electron chi connectivity index (χ4n) is 2.23. The van der Waals surface area contributed by atoms with Gasteiger partial charge in [0.05, 0.1) is 6.54 Å². The van der Waals surface area contributed by atoms with E-state index in [2.05, 4.69) is 37.3 Å². The van der Waals surface area contributed by atoms with Crippen LogP contribution in [0.5, 0.6) is 0 Å². The Morgan fingerprint density at radius 1 is 1.29 bits per heavy atom. The number of sulfonamides is 1. The molecule has 0 aliphatic heterocycles. The number of hydrogen-bond acceptors (Lipinski definition) is 6. The van der Waals surface area contributed by atoms with E-state index in [0.717, 1.165) is 39.2 Å². The summed E-state index contributed by atoms with van der Waals surface area (Å²) in [5.74, 6) is 0.670. The van der Waals surface area contributed by atoms with Gasteiger partial charge in [0.25, 0.3) is 0 Å². The minimum absolute atomic E-state index is 0. The summed E-state index contributed by atoms with van der Waals surface area (Å²) < 4.78 is 31.8. The number of methoxy groups -OCH3 is 1. The maximum atomic E-state index is 12.1. The molecule has 0 spiro atoms. The van der Waals surface area contributed by atoms with Crippen molar-refractivity contribution in [1.82, 2.24) is 25.2 Å². The maximum Gasteiger partial charge on any atom is 0.242 e. The Balaban J connectivity index is 0.00000729. The van der Waals surface area contributed by atoms with E-state index in [1.807, 2.05) is 6.92 Å². The van der Waals surface area contributed by atoms with Crippen molar-refractivity contribution in [3.05, 3.63) is 24.5 Å². The lowest BCUT2D eigenvalue weighted by Gasteiger charge is -2.18. The molecule has 1 rings (SSSR count). The van der Waals surface area contributed by atoms with Crippen LogP contribution in [0.15, 0.2) is 34.4 Å². The van der Waals surface area contributed by atoms with Gasteiger partial charge in [0.1, 0.15) is 4.90 Å². The van der Waals surface area contributed by atoms with Crippen LogP contribution in [0.25, 0.3) is 0 Å². The number of ether oxygens (including phenoxy) is 1. The fraction of sp³-hybridized carbons (Fsp3) is 0.647. The van der Waals surface area contributed by atoms with Crippen molar-refractivity contribution in [1.29, 1.82) is 0 Å². The highest BCUT2D eigenvalue weighted by Gasteiger charge is 2.12. The number of pyridine rings is 1. The molecule has 3 N–H and O–H groups in total. The lowest BCUT2D eigenvalue weighted by Crippen LogP contribution is -2.41. The van der Waals surface area contributed by atoms with Crippen molar-refractivity contribution in [3.63, 3.8) is 0 Å². The lowest BCUT2D eigenvalue weighted by molar-refractivity contribution is 0.180. The predicted octanol–water partition coefficient (Wildman–Crippen LogP) is 0.501. The van der Waals surface area contributed by atoms with Gasteiger partial charge in [0, 0.05) is 58.8 Å². The first-order valence-electron chi connectivity index (χ1n) is 9.09. The highest BCUT2D eigenvalue weighted by atomic mass is 127. The van der Waals surface area contributed by atoms with Gasteiger partial charge in [-0.25, -0.2) is 13.1 Å². The minimum Gasteiger partial charge on any atom is -0.385 e. The Labute approximate surface area is 185 Å². The third-order valence-corrected chi connectivity index (χ3v) is 5.08. The molecule has 9 nitrogen and oxygen atoms in total. The van der Waals surface area contributed by atoms with Gasteiger partial charge in [-0.1, -0.05) is 0 Å². The van der Waals surface area contributed by atoms with Crippen LogP contribution in [0.3, 0.4) is 0 Å². The molecule has 28 heavy (non-hydrogen) atoms. The summed E-state index contributed by atoms with van der Waals surface area (Å²) in [7, 11) is 0.221. The molecule has 1 heterocycles. The Bertz CT molecular complexity index is 646. The van der Waals surface area contributed by atoms with Gasteiger partial charge in [0.15, 0.2) is 5.96 Å². The summed E-state index contributed by atoms with van der Waals surface area (Å²) in [6.07, 6.45) is 3.85. The summed E-state index contributed by atoms with van der Waals surface area (Å²) >= 11 is 0. The lowest BCUT2D eigenvalue weighted by atomic mass is 10.4. The Morgan fingerprint density at radius 3 is 2.71 bits per heavy atom. The second-order valence-corrected chi connectivity index (χ2v) is 7.69. The number of halogens is 1. The van der Waals surface area contributed by atoms with Crippen LogP contribution in [0.2, 0.25) is 0 Å². The largest absolute Gasteiger partial charge is 0.385 e. The topological polar surface area (TPSA) is 108 Å². The van der Waals surface area contributed by atoms with E-state index in [-0.39, 0.29) is 35.4 Å². The van der Waals surface area contributed by atoms with Gasteiger partial charge in [-0.3, -0.25) is 9.98 Å². The van der Waals surface area contributed by atoms with Crippen molar-refractivity contribution in [2.45, 2.75) is 18.2 Å². The molecule has 0 saturated carbocycles. The molecule has 1 aromatic heterocycles. The number of hydrogen-bond donors (Lipinski definition) is 3. The molecule has 11 heteroatoms. The van der Waals surface area contributed by atoms with E-state index in [1.165, 1.54) is 18.5 Å². The Morgan fingerprint density at radius 2 is 2.07 bits per heavy atom. The average Bonchev–Trinajstić information content (AvgIpc) is 2.66. The third kappa shape index (κ3) is 11.7. The molecule has 0 radical (unpaired) electrons. The zero-order chi connectivity index (χ0) is 20.0. The number of guanidine groups is 1. The Kier molecular flexibility index (Phi) is 15.3. The highest BCUT2D eigenvalue weighted by molar-refractivity contribution is 14.0. The van der Waals surface area contributed by atoms with E-state index in [4.69, 9.17) is 4.74 Å². The van der Waals surface area contributed by atoms with Gasteiger partial charge in [0.2, 0.25) is 10.0 Å². The van der Waals surface area contributed by atoms with Crippen molar-refractivity contribution >= 4 is 40.0 Å². The fourth-order valence-corrected chi connectivity index (χ4v) is 3.22. The zero-order valence-corrected chi connectivity index (χ0v) is 20.0. The molecule has 0 aliphatic rings. The van der Waals surface area contributed by atoms with Gasteiger partial charge in [-0.2, -0.15) is 0 Å². The molecule has 0 saturated heterocycles. The van der Waals surface area contributed by atoms with Crippen LogP contribution in [-0.4, -0.2) is 84.3 Å². The second-order valence-electron chi connectivity index (χ2n) is 5.92. The van der Waals surface area contributed by atoms with Crippen molar-refractivity contribution in [2.24, 2.45) is 4.99 Å². The standard InChI is InChI=1S/C17H32N6O3S.HI/c1-4-19-17(21-11-13-23(2)12-6-14-26-3)20-9-10-22-27(24,25)16-7-5-8-18-15-16;/h5,7-8,15,22H,4,6,9-14H2,1-3H3,(H2,19,20,21);1H. The van der Waals surface area contributed by atoms with Gasteiger partial charge >= 0.3 is 0 Å². The molecule has 0 aromatic carbocycles. The van der Waals surface area contributed by atoms with Crippen LogP contribution in [0.1, 0.15) is 13.3 Å². The molecule has 0 aliphatic carbocycles. The number of nitrogens with one attached hydrogen (secondary N) is 3. The summed E-state index contributed by atoms with van der Waals surface area (Å²) in [5.41, 5.74) is 0. The normalized spacial score (nSPS) is 11.9. The summed E-state index contributed by atoms with van der Waals surface area (Å²) in [6.45, 7) is 6.62. The highest BCUT2D eigenvalue weighted by Crippen LogP contribution is 2.04. The summed E-state index contributed by atoms with van der Waals surface area (Å²) in [6, 6.07) is 3.10. The van der Waals surface area contributed by atoms with Crippen LogP contribution < -0.4 is 15.4 Å². The second kappa shape index (κ2) is 15.9. The Hall–Kier alpha value is -1.02. The average molecular weight is 528 g/mol. The van der Waals surface area contributed by atoms with Crippen LogP contribution in [0.4, 0.5) is 0 Å². The van der Waals surface area contributed by atoms with E-state index >= 15 is 0 Å². The first-order chi connectivity index (χ1) is 13.0. The first kappa shape index (κ1) is 27.0. The van der Waals surface area contributed by atoms with E-state index in [1.54, 1.807) is 13.2 Å². The maximum absolute atomic E-state index is 12.1. The number of aliphatic imine (C=N–C) groups is 1. The minimum atomic E-state index is -3.55. The van der Waals surface area contributed by atoms with Gasteiger partial charge in [-0.15, -0.1) is 24.0 Å². The quantitative estimate of drug-likeness (QED) is 0.148. The van der Waals surface area contributed by atoms with E-state index in [0.29, 0.717) is 12.5 Å². The molecular formula is C17H33IN6O3S. The van der Waals surface area contributed by atoms with Crippen LogP contribution >= 0.6 is 24.0 Å². The molecule has 1 aromatic rings. The smallest absolute Gasteiger partial charge is 0.242 e. The molecule has 0 atom stereocenters. The molecule has 162 valence electrons. The number of likely N-dealkylation sites (N-methyl/N-ethyl adjacent to an activating group) is 1. The van der Waals surface area contributed by atoms with E-state index < -0.39 is 10.0 Å². The number of nitrogens with zero attached hydrogens (tertiary/aromatic N) is 3. The molecule has 0 amide bonds. The summed E-state index contributed by atoms with van der Waals surface area (Å²) in [5, 5.41) is 6.40. The monoisotopic (exact) mass is 528 g/mol. The number of aromatic nitrogens is 1. The predicted molar refractivity (Wildman–Crippen MR) is 123 cm³/mol.